The van der Waals surface area contributed by atoms with Crippen LogP contribution >= 0.6 is 0 Å². The molecule has 0 saturated heterocycles. The van der Waals surface area contributed by atoms with Gasteiger partial charge in [-0.25, -0.2) is 19.3 Å². The van der Waals surface area contributed by atoms with Crippen molar-refractivity contribution in [2.24, 2.45) is 7.05 Å². The molecule has 0 spiro atoms. The standard InChI is InChI=1S/C20H21N9O2/c1-21-14-7-17-25-13-5-3-4-12(6-13)10-31-16(15-8-24-28(2)27-15)9-22-20(30)29-11-23-18(14)19(29)26-17/h3-8,11,16H,9-10H2,1-2H3,(H,22,30)(H2,21,25,26)/t16-/m0/s1. The predicted octanol–water partition coefficient (Wildman–Crippen LogP) is 2.17. The minimum Gasteiger partial charge on any atom is -0.386 e. The van der Waals surface area contributed by atoms with Gasteiger partial charge in [-0.3, -0.25) is 0 Å². The number of nitrogens with zero attached hydrogens (tertiary/aromatic N) is 6. The van der Waals surface area contributed by atoms with Crippen molar-refractivity contribution in [1.82, 2.24) is 34.8 Å². The second-order valence-electron chi connectivity index (χ2n) is 7.16. The third-order valence-electron chi connectivity index (χ3n) is 5.03. The first-order chi connectivity index (χ1) is 15.1. The van der Waals surface area contributed by atoms with Gasteiger partial charge in [0.05, 0.1) is 25.0 Å². The number of carbonyl (C=O) groups excluding carboxylic acids is 1. The number of ether oxygens (including phenoxy) is 1. The van der Waals surface area contributed by atoms with Gasteiger partial charge in [0.15, 0.2) is 5.65 Å². The summed E-state index contributed by atoms with van der Waals surface area (Å²) in [6, 6.07) is 9.38. The Bertz CT molecular complexity index is 1260. The lowest BCUT2D eigenvalue weighted by Gasteiger charge is -2.18. The Morgan fingerprint density at radius 3 is 3.00 bits per heavy atom. The Labute approximate surface area is 177 Å². The van der Waals surface area contributed by atoms with Gasteiger partial charge >= 0.3 is 6.03 Å². The SMILES string of the molecule is CNc1cc2nc3c1ncn3C(=O)NC[C@@H](c1cnn(C)n1)OCc1cccc(c1)N2. The maximum Gasteiger partial charge on any atom is 0.328 e. The fraction of sp³-hybridized carbons (Fsp3) is 0.250. The molecule has 0 fully saturated rings. The summed E-state index contributed by atoms with van der Waals surface area (Å²) in [5.41, 5.74) is 4.28. The highest BCUT2D eigenvalue weighted by Gasteiger charge is 2.21. The number of amides is 1. The molecule has 0 radical (unpaired) electrons. The molecule has 0 saturated carbocycles. The van der Waals surface area contributed by atoms with Gasteiger partial charge in [-0.05, 0) is 17.7 Å². The van der Waals surface area contributed by atoms with Crippen molar-refractivity contribution in [3.05, 3.63) is 54.1 Å². The number of aromatic nitrogens is 6. The molecule has 1 aliphatic heterocycles. The van der Waals surface area contributed by atoms with Crippen LogP contribution in [0.4, 0.5) is 22.0 Å². The monoisotopic (exact) mass is 419 g/mol. The Balaban J connectivity index is 1.59. The molecule has 4 heterocycles. The van der Waals surface area contributed by atoms with Crippen molar-refractivity contribution in [2.45, 2.75) is 12.7 Å². The normalized spacial score (nSPS) is 16.6. The molecule has 4 bridgehead atoms. The summed E-state index contributed by atoms with van der Waals surface area (Å²) < 4.78 is 7.49. The number of anilines is 3. The highest BCUT2D eigenvalue weighted by atomic mass is 16.5. The van der Waals surface area contributed by atoms with Crippen molar-refractivity contribution < 1.29 is 9.53 Å². The van der Waals surface area contributed by atoms with Crippen molar-refractivity contribution in [1.29, 1.82) is 0 Å². The second-order valence-corrected chi connectivity index (χ2v) is 7.16. The summed E-state index contributed by atoms with van der Waals surface area (Å²) in [6.07, 6.45) is 2.63. The van der Waals surface area contributed by atoms with E-state index in [0.717, 1.165) is 16.9 Å². The third-order valence-corrected chi connectivity index (χ3v) is 5.03. The van der Waals surface area contributed by atoms with Crippen molar-refractivity contribution in [3.8, 4) is 0 Å². The largest absolute Gasteiger partial charge is 0.386 e. The highest BCUT2D eigenvalue weighted by Crippen LogP contribution is 2.27. The Morgan fingerprint density at radius 1 is 1.29 bits per heavy atom. The van der Waals surface area contributed by atoms with E-state index in [-0.39, 0.29) is 12.6 Å². The van der Waals surface area contributed by atoms with Gasteiger partial charge in [-0.15, -0.1) is 0 Å². The Morgan fingerprint density at radius 2 is 2.19 bits per heavy atom. The number of imidazole rings is 1. The predicted molar refractivity (Wildman–Crippen MR) is 114 cm³/mol. The number of hydrogen-bond donors (Lipinski definition) is 3. The first kappa shape index (κ1) is 19.0. The molecule has 0 unspecified atom stereocenters. The summed E-state index contributed by atoms with van der Waals surface area (Å²) in [5.74, 6) is 0.596. The van der Waals surface area contributed by atoms with E-state index in [2.05, 4.69) is 36.1 Å². The molecule has 158 valence electrons. The molecule has 3 N–H and O–H groups in total. The van der Waals surface area contributed by atoms with Crippen molar-refractivity contribution in [3.63, 3.8) is 0 Å². The van der Waals surface area contributed by atoms with E-state index >= 15 is 0 Å². The molecule has 1 atom stereocenters. The van der Waals surface area contributed by atoms with Crippen LogP contribution in [0.5, 0.6) is 0 Å². The molecule has 4 aromatic rings. The third kappa shape index (κ3) is 3.66. The molecule has 1 aliphatic rings. The lowest BCUT2D eigenvalue weighted by atomic mass is 10.2. The summed E-state index contributed by atoms with van der Waals surface area (Å²) in [5, 5.41) is 17.8. The van der Waals surface area contributed by atoms with Crippen LogP contribution < -0.4 is 16.0 Å². The maximum atomic E-state index is 12.9. The van der Waals surface area contributed by atoms with Crippen molar-refractivity contribution >= 4 is 34.4 Å². The van der Waals surface area contributed by atoms with E-state index in [4.69, 9.17) is 4.74 Å². The quantitative estimate of drug-likeness (QED) is 0.452. The molecule has 11 nitrogen and oxygen atoms in total. The maximum absolute atomic E-state index is 12.9. The number of rotatable bonds is 2. The van der Waals surface area contributed by atoms with Crippen LogP contribution in [0.1, 0.15) is 17.4 Å². The zero-order valence-corrected chi connectivity index (χ0v) is 17.0. The second kappa shape index (κ2) is 7.69. The molecule has 11 heteroatoms. The number of nitrogens with one attached hydrogen (secondary N) is 3. The average molecular weight is 419 g/mol. The summed E-state index contributed by atoms with van der Waals surface area (Å²) in [7, 11) is 3.54. The van der Waals surface area contributed by atoms with E-state index in [0.29, 0.717) is 29.3 Å². The van der Waals surface area contributed by atoms with Gasteiger partial charge in [0.25, 0.3) is 0 Å². The van der Waals surface area contributed by atoms with E-state index in [1.54, 1.807) is 20.3 Å². The number of benzene rings is 1. The lowest BCUT2D eigenvalue weighted by Crippen LogP contribution is -2.33. The van der Waals surface area contributed by atoms with Crippen LogP contribution in [0, 0.1) is 0 Å². The first-order valence-electron chi connectivity index (χ1n) is 9.78. The zero-order valence-electron chi connectivity index (χ0n) is 17.0. The molecular weight excluding hydrogens is 398 g/mol. The van der Waals surface area contributed by atoms with Gasteiger partial charge in [0.1, 0.15) is 29.5 Å². The first-order valence-corrected chi connectivity index (χ1v) is 9.78. The number of carbonyl (C=O) groups is 1. The molecule has 1 amide bonds. The van der Waals surface area contributed by atoms with Gasteiger partial charge in [0, 0.05) is 25.8 Å². The smallest absolute Gasteiger partial charge is 0.328 e. The average Bonchev–Trinajstić information content (AvgIpc) is 3.39. The topological polar surface area (TPSA) is 124 Å². The van der Waals surface area contributed by atoms with E-state index in [1.807, 2.05) is 30.3 Å². The number of fused-ring (bicyclic) bond motifs is 3. The van der Waals surface area contributed by atoms with Crippen LogP contribution in [0.15, 0.2) is 42.9 Å². The lowest BCUT2D eigenvalue weighted by molar-refractivity contribution is 0.0383. The van der Waals surface area contributed by atoms with Gasteiger partial charge in [-0.1, -0.05) is 12.1 Å². The Hall–Kier alpha value is -3.99. The van der Waals surface area contributed by atoms with Crippen LogP contribution in [-0.4, -0.2) is 49.2 Å². The van der Waals surface area contributed by atoms with Crippen molar-refractivity contribution in [2.75, 3.05) is 24.2 Å². The van der Waals surface area contributed by atoms with Crippen LogP contribution in [0.25, 0.3) is 11.2 Å². The molecule has 31 heavy (non-hydrogen) atoms. The summed E-state index contributed by atoms with van der Waals surface area (Å²) in [4.78, 5) is 23.4. The summed E-state index contributed by atoms with van der Waals surface area (Å²) >= 11 is 0. The number of aryl methyl sites for hydroxylation is 1. The van der Waals surface area contributed by atoms with E-state index < -0.39 is 6.10 Å². The van der Waals surface area contributed by atoms with Gasteiger partial charge < -0.3 is 20.7 Å². The fourth-order valence-electron chi connectivity index (χ4n) is 3.50. The highest BCUT2D eigenvalue weighted by molar-refractivity contribution is 5.94. The minimum atomic E-state index is -0.469. The molecule has 1 aromatic carbocycles. The molecule has 3 aromatic heterocycles. The van der Waals surface area contributed by atoms with E-state index in [1.165, 1.54) is 15.7 Å². The zero-order chi connectivity index (χ0) is 21.4. The summed E-state index contributed by atoms with van der Waals surface area (Å²) in [6.45, 7) is 0.560. The van der Waals surface area contributed by atoms with Gasteiger partial charge in [-0.2, -0.15) is 15.0 Å². The molecular formula is C20H21N9O2. The van der Waals surface area contributed by atoms with Crippen LogP contribution in [0.3, 0.4) is 0 Å². The molecule has 0 aliphatic carbocycles. The molecule has 5 rings (SSSR count). The van der Waals surface area contributed by atoms with Gasteiger partial charge in [0.2, 0.25) is 0 Å². The number of hydrogen-bond acceptors (Lipinski definition) is 8. The Kier molecular flexibility index (Phi) is 4.71. The van der Waals surface area contributed by atoms with Crippen LogP contribution in [-0.2, 0) is 18.4 Å². The number of pyridine rings is 1. The van der Waals surface area contributed by atoms with Crippen LogP contribution in [0.2, 0.25) is 0 Å². The minimum absolute atomic E-state index is 0.216. The fourth-order valence-corrected chi connectivity index (χ4v) is 3.50. The van der Waals surface area contributed by atoms with E-state index in [9.17, 15) is 4.79 Å².